The fourth-order valence-electron chi connectivity index (χ4n) is 2.05. The van der Waals surface area contributed by atoms with Crippen molar-refractivity contribution in [3.63, 3.8) is 0 Å². The van der Waals surface area contributed by atoms with E-state index in [1.807, 2.05) is 26.8 Å². The number of likely N-dealkylation sites (tertiary alicyclic amines) is 1. The summed E-state index contributed by atoms with van der Waals surface area (Å²) in [7, 11) is 0. The normalized spacial score (nSPS) is 19.2. The molecular weight excluding hydrogens is 232 g/mol. The molecule has 0 aliphatic carbocycles. The summed E-state index contributed by atoms with van der Waals surface area (Å²) in [6.07, 6.45) is 0.743. The fraction of sp³-hybridized carbons (Fsp3) is 0.846. The average molecular weight is 254 g/mol. The number of piperidine rings is 1. The topological polar surface area (TPSA) is 73.6 Å². The number of hydrogen-bond acceptors (Lipinski definition) is 4. The molecule has 0 aromatic carbocycles. The van der Waals surface area contributed by atoms with Gasteiger partial charge >= 0.3 is 6.09 Å². The van der Waals surface area contributed by atoms with E-state index in [0.29, 0.717) is 13.1 Å². The van der Waals surface area contributed by atoms with E-state index in [1.165, 1.54) is 0 Å². The van der Waals surface area contributed by atoms with Crippen LogP contribution in [0.3, 0.4) is 0 Å². The van der Waals surface area contributed by atoms with Crippen LogP contribution in [0.4, 0.5) is 4.79 Å². The molecule has 0 aromatic heterocycles. The van der Waals surface area contributed by atoms with Gasteiger partial charge in [0.1, 0.15) is 5.60 Å². The molecular formula is C13H22N2O3. The minimum Gasteiger partial charge on any atom is -0.444 e. The van der Waals surface area contributed by atoms with E-state index in [1.54, 1.807) is 4.90 Å². The van der Waals surface area contributed by atoms with Crippen LogP contribution in [0.1, 0.15) is 40.0 Å². The van der Waals surface area contributed by atoms with Gasteiger partial charge in [0.25, 0.3) is 0 Å². The standard InChI is InChI=1S/C13H22N2O3/c1-13(2,3)18-12(17)15-8-5-10(6-9-15)11(16)4-7-14/h10-11,16H,4-6,8-9H2,1-3H3. The zero-order chi connectivity index (χ0) is 13.8. The van der Waals surface area contributed by atoms with Gasteiger partial charge in [0.15, 0.2) is 0 Å². The number of aliphatic hydroxyl groups excluding tert-OH is 1. The third-order valence-corrected chi connectivity index (χ3v) is 3.04. The van der Waals surface area contributed by atoms with Crippen molar-refractivity contribution in [3.8, 4) is 6.07 Å². The molecule has 0 bridgehead atoms. The first-order chi connectivity index (χ1) is 8.33. The van der Waals surface area contributed by atoms with Crippen molar-refractivity contribution in [2.45, 2.75) is 51.7 Å². The number of rotatable bonds is 2. The number of nitrogens with zero attached hydrogens (tertiary/aromatic N) is 2. The largest absolute Gasteiger partial charge is 0.444 e. The Hall–Kier alpha value is -1.28. The number of ether oxygens (including phenoxy) is 1. The lowest BCUT2D eigenvalue weighted by Crippen LogP contribution is -2.43. The minimum absolute atomic E-state index is 0.114. The van der Waals surface area contributed by atoms with Crippen molar-refractivity contribution >= 4 is 6.09 Å². The summed E-state index contributed by atoms with van der Waals surface area (Å²) in [6.45, 7) is 6.70. The molecule has 1 N–H and O–H groups in total. The highest BCUT2D eigenvalue weighted by molar-refractivity contribution is 5.68. The van der Waals surface area contributed by atoms with Gasteiger partial charge in [-0.3, -0.25) is 0 Å². The van der Waals surface area contributed by atoms with Gasteiger partial charge in [0, 0.05) is 13.1 Å². The Kier molecular flexibility index (Phi) is 4.97. The Labute approximate surface area is 108 Å². The SMILES string of the molecule is CC(C)(C)OC(=O)N1CCC(C(O)CC#N)CC1. The van der Waals surface area contributed by atoms with Crippen molar-refractivity contribution in [1.29, 1.82) is 5.26 Å². The molecule has 1 fully saturated rings. The summed E-state index contributed by atoms with van der Waals surface area (Å²) in [5, 5.41) is 18.3. The predicted molar refractivity (Wildman–Crippen MR) is 66.8 cm³/mol. The second-order valence-corrected chi connectivity index (χ2v) is 5.73. The second kappa shape index (κ2) is 6.05. The quantitative estimate of drug-likeness (QED) is 0.817. The van der Waals surface area contributed by atoms with Gasteiger partial charge in [-0.2, -0.15) is 5.26 Å². The molecule has 1 amide bonds. The van der Waals surface area contributed by atoms with Crippen LogP contribution >= 0.6 is 0 Å². The van der Waals surface area contributed by atoms with Crippen LogP contribution in [0, 0.1) is 17.2 Å². The van der Waals surface area contributed by atoms with E-state index in [9.17, 15) is 9.90 Å². The highest BCUT2D eigenvalue weighted by Gasteiger charge is 2.29. The first-order valence-electron chi connectivity index (χ1n) is 6.36. The van der Waals surface area contributed by atoms with E-state index in [-0.39, 0.29) is 18.4 Å². The molecule has 1 heterocycles. The monoisotopic (exact) mass is 254 g/mol. The molecule has 18 heavy (non-hydrogen) atoms. The van der Waals surface area contributed by atoms with E-state index in [0.717, 1.165) is 12.8 Å². The molecule has 1 unspecified atom stereocenters. The molecule has 5 heteroatoms. The zero-order valence-electron chi connectivity index (χ0n) is 11.3. The maximum atomic E-state index is 11.8. The molecule has 5 nitrogen and oxygen atoms in total. The van der Waals surface area contributed by atoms with Crippen LogP contribution in [0.5, 0.6) is 0 Å². The van der Waals surface area contributed by atoms with E-state index < -0.39 is 11.7 Å². The lowest BCUT2D eigenvalue weighted by Gasteiger charge is -2.34. The van der Waals surface area contributed by atoms with E-state index in [4.69, 9.17) is 10.00 Å². The van der Waals surface area contributed by atoms with E-state index >= 15 is 0 Å². The lowest BCUT2D eigenvalue weighted by atomic mass is 9.90. The van der Waals surface area contributed by atoms with Crippen LogP contribution in [0.2, 0.25) is 0 Å². The highest BCUT2D eigenvalue weighted by Crippen LogP contribution is 2.23. The maximum absolute atomic E-state index is 11.8. The van der Waals surface area contributed by atoms with E-state index in [2.05, 4.69) is 0 Å². The number of amides is 1. The number of aliphatic hydroxyl groups is 1. The molecule has 102 valence electrons. The molecule has 1 saturated heterocycles. The first-order valence-corrected chi connectivity index (χ1v) is 6.36. The zero-order valence-corrected chi connectivity index (χ0v) is 11.3. The molecule has 0 aromatic rings. The molecule has 1 atom stereocenters. The maximum Gasteiger partial charge on any atom is 0.410 e. The summed E-state index contributed by atoms with van der Waals surface area (Å²) in [6, 6.07) is 1.97. The van der Waals surface area contributed by atoms with Gasteiger partial charge < -0.3 is 14.7 Å². The second-order valence-electron chi connectivity index (χ2n) is 5.73. The van der Waals surface area contributed by atoms with Gasteiger partial charge in [0.05, 0.1) is 18.6 Å². The van der Waals surface area contributed by atoms with Gasteiger partial charge in [-0.1, -0.05) is 0 Å². The summed E-state index contributed by atoms with van der Waals surface area (Å²) in [5.74, 6) is 0.114. The van der Waals surface area contributed by atoms with Gasteiger partial charge in [-0.25, -0.2) is 4.79 Å². The molecule has 1 rings (SSSR count). The molecule has 1 aliphatic rings. The Balaban J connectivity index is 2.40. The first kappa shape index (κ1) is 14.8. The lowest BCUT2D eigenvalue weighted by molar-refractivity contribution is 0.00850. The van der Waals surface area contributed by atoms with Crippen molar-refractivity contribution in [2.24, 2.45) is 5.92 Å². The summed E-state index contributed by atoms with van der Waals surface area (Å²) in [5.41, 5.74) is -0.478. The summed E-state index contributed by atoms with van der Waals surface area (Å²) < 4.78 is 5.29. The molecule has 0 saturated carbocycles. The minimum atomic E-state index is -0.573. The van der Waals surface area contributed by atoms with Gasteiger partial charge in [0.2, 0.25) is 0 Å². The molecule has 0 spiro atoms. The number of carbonyl (C=O) groups is 1. The Morgan fingerprint density at radius 2 is 2.06 bits per heavy atom. The smallest absolute Gasteiger partial charge is 0.410 e. The number of nitriles is 1. The van der Waals surface area contributed by atoms with Crippen molar-refractivity contribution < 1.29 is 14.6 Å². The molecule has 1 aliphatic heterocycles. The van der Waals surface area contributed by atoms with Crippen molar-refractivity contribution in [2.75, 3.05) is 13.1 Å². The van der Waals surface area contributed by atoms with Crippen LogP contribution < -0.4 is 0 Å². The number of hydrogen-bond donors (Lipinski definition) is 1. The molecule has 0 radical (unpaired) electrons. The van der Waals surface area contributed by atoms with Crippen LogP contribution in [0.25, 0.3) is 0 Å². The third kappa shape index (κ3) is 4.53. The Morgan fingerprint density at radius 3 is 2.50 bits per heavy atom. The number of carbonyl (C=O) groups excluding carboxylic acids is 1. The van der Waals surface area contributed by atoms with Crippen molar-refractivity contribution in [3.05, 3.63) is 0 Å². The summed E-state index contributed by atoms with van der Waals surface area (Å²) in [4.78, 5) is 13.5. The van der Waals surface area contributed by atoms with Gasteiger partial charge in [-0.05, 0) is 39.5 Å². The highest BCUT2D eigenvalue weighted by atomic mass is 16.6. The van der Waals surface area contributed by atoms with Crippen LogP contribution in [0.15, 0.2) is 0 Å². The predicted octanol–water partition coefficient (Wildman–Crippen LogP) is 1.91. The Morgan fingerprint density at radius 1 is 1.50 bits per heavy atom. The third-order valence-electron chi connectivity index (χ3n) is 3.04. The van der Waals surface area contributed by atoms with Crippen LogP contribution in [-0.2, 0) is 4.74 Å². The van der Waals surface area contributed by atoms with Gasteiger partial charge in [-0.15, -0.1) is 0 Å². The van der Waals surface area contributed by atoms with Crippen LogP contribution in [-0.4, -0.2) is 40.9 Å². The van der Waals surface area contributed by atoms with Crippen molar-refractivity contribution in [1.82, 2.24) is 4.90 Å². The summed E-state index contributed by atoms with van der Waals surface area (Å²) >= 11 is 0. The fourth-order valence-corrected chi connectivity index (χ4v) is 2.05. The average Bonchev–Trinajstić information content (AvgIpc) is 2.27. The Bertz CT molecular complexity index is 322.